The molecule has 0 spiro atoms. The van der Waals surface area contributed by atoms with Gasteiger partial charge in [-0.05, 0) is 18.9 Å². The minimum atomic E-state index is -0.470. The van der Waals surface area contributed by atoms with Crippen LogP contribution in [0.15, 0.2) is 12.3 Å². The van der Waals surface area contributed by atoms with E-state index in [0.717, 1.165) is 19.0 Å². The zero-order valence-corrected chi connectivity index (χ0v) is 7.73. The van der Waals surface area contributed by atoms with Gasteiger partial charge < -0.3 is 9.47 Å². The van der Waals surface area contributed by atoms with E-state index in [0.29, 0.717) is 0 Å². The summed E-state index contributed by atoms with van der Waals surface area (Å²) in [6.07, 6.45) is 3.90. The van der Waals surface area contributed by atoms with Crippen LogP contribution in [-0.2, 0) is 9.47 Å². The van der Waals surface area contributed by atoms with Crippen LogP contribution in [0.1, 0.15) is 12.8 Å². The number of nitrogens with zero attached hydrogens (tertiary/aromatic N) is 1. The second-order valence-electron chi connectivity index (χ2n) is 3.14. The molecule has 13 heavy (non-hydrogen) atoms. The second-order valence-corrected chi connectivity index (χ2v) is 3.14. The number of ether oxygens (including phenoxy) is 2. The standard InChI is InChI=1S/C8H13NO4/c1-12-7(13-2)8(3-4-8)5-6-9(10)11/h5-7H,3-4H2,1-2H3/b6-5+. The van der Waals surface area contributed by atoms with Crippen LogP contribution in [-0.4, -0.2) is 25.4 Å². The van der Waals surface area contributed by atoms with Crippen LogP contribution in [0.2, 0.25) is 0 Å². The van der Waals surface area contributed by atoms with Crippen molar-refractivity contribution < 1.29 is 14.4 Å². The Labute approximate surface area is 76.5 Å². The number of hydrogen-bond donors (Lipinski definition) is 0. The van der Waals surface area contributed by atoms with Gasteiger partial charge in [0.1, 0.15) is 0 Å². The molecule has 0 heterocycles. The van der Waals surface area contributed by atoms with Crippen molar-refractivity contribution in [2.75, 3.05) is 14.2 Å². The number of methoxy groups -OCH3 is 2. The quantitative estimate of drug-likeness (QED) is 0.368. The Morgan fingerprint density at radius 1 is 1.46 bits per heavy atom. The SMILES string of the molecule is COC(OC)C1(/C=C/[N+](=O)[O-])CC1. The van der Waals surface area contributed by atoms with Crippen molar-refractivity contribution in [2.45, 2.75) is 19.1 Å². The molecular formula is C8H13NO4. The van der Waals surface area contributed by atoms with Crippen molar-refractivity contribution in [3.8, 4) is 0 Å². The van der Waals surface area contributed by atoms with Crippen LogP contribution < -0.4 is 0 Å². The van der Waals surface area contributed by atoms with E-state index in [2.05, 4.69) is 0 Å². The van der Waals surface area contributed by atoms with E-state index in [4.69, 9.17) is 9.47 Å². The van der Waals surface area contributed by atoms with E-state index in [1.165, 1.54) is 14.2 Å². The zero-order valence-electron chi connectivity index (χ0n) is 7.73. The molecule has 0 unspecified atom stereocenters. The molecule has 0 atom stereocenters. The maximum absolute atomic E-state index is 10.1. The van der Waals surface area contributed by atoms with E-state index in [1.807, 2.05) is 0 Å². The van der Waals surface area contributed by atoms with Gasteiger partial charge in [0, 0.05) is 19.6 Å². The van der Waals surface area contributed by atoms with Crippen LogP contribution in [0.5, 0.6) is 0 Å². The van der Waals surface area contributed by atoms with Gasteiger partial charge >= 0.3 is 0 Å². The molecule has 5 nitrogen and oxygen atoms in total. The molecular weight excluding hydrogens is 174 g/mol. The minimum absolute atomic E-state index is 0.267. The van der Waals surface area contributed by atoms with Crippen molar-refractivity contribution >= 4 is 0 Å². The summed E-state index contributed by atoms with van der Waals surface area (Å²) in [5, 5.41) is 10.1. The summed E-state index contributed by atoms with van der Waals surface area (Å²) < 4.78 is 10.1. The molecule has 0 amide bonds. The van der Waals surface area contributed by atoms with E-state index in [9.17, 15) is 10.1 Å². The highest BCUT2D eigenvalue weighted by molar-refractivity contribution is 5.09. The van der Waals surface area contributed by atoms with Gasteiger partial charge in [0.15, 0.2) is 6.29 Å². The van der Waals surface area contributed by atoms with Crippen molar-refractivity contribution in [3.63, 3.8) is 0 Å². The summed E-state index contributed by atoms with van der Waals surface area (Å²) in [5.74, 6) is 0. The molecule has 74 valence electrons. The first kappa shape index (κ1) is 10.1. The lowest BCUT2D eigenvalue weighted by Crippen LogP contribution is -2.24. The minimum Gasteiger partial charge on any atom is -0.355 e. The van der Waals surface area contributed by atoms with Crippen LogP contribution in [0, 0.1) is 15.5 Å². The van der Waals surface area contributed by atoms with Gasteiger partial charge in [-0.2, -0.15) is 0 Å². The Balaban J connectivity index is 2.60. The molecule has 0 aromatic heterocycles. The first-order valence-electron chi connectivity index (χ1n) is 4.03. The highest BCUT2D eigenvalue weighted by Gasteiger charge is 2.49. The van der Waals surface area contributed by atoms with Crippen LogP contribution >= 0.6 is 0 Å². The van der Waals surface area contributed by atoms with E-state index in [1.54, 1.807) is 6.08 Å². The van der Waals surface area contributed by atoms with Gasteiger partial charge in [-0.15, -0.1) is 0 Å². The summed E-state index contributed by atoms with van der Waals surface area (Å²) in [4.78, 5) is 9.64. The topological polar surface area (TPSA) is 61.6 Å². The Bertz CT molecular complexity index is 218. The molecule has 1 saturated carbocycles. The third-order valence-electron chi connectivity index (χ3n) is 2.25. The van der Waals surface area contributed by atoms with Gasteiger partial charge in [0.25, 0.3) is 0 Å². The first-order valence-corrected chi connectivity index (χ1v) is 4.03. The predicted molar refractivity (Wildman–Crippen MR) is 45.6 cm³/mol. The van der Waals surface area contributed by atoms with Crippen molar-refractivity contribution in [1.29, 1.82) is 0 Å². The van der Waals surface area contributed by atoms with Gasteiger partial charge in [0.2, 0.25) is 6.20 Å². The van der Waals surface area contributed by atoms with Gasteiger partial charge in [-0.1, -0.05) is 0 Å². The summed E-state index contributed by atoms with van der Waals surface area (Å²) in [6, 6.07) is 0. The highest BCUT2D eigenvalue weighted by Crippen LogP contribution is 2.51. The third-order valence-corrected chi connectivity index (χ3v) is 2.25. The smallest absolute Gasteiger partial charge is 0.231 e. The van der Waals surface area contributed by atoms with E-state index in [-0.39, 0.29) is 11.7 Å². The third kappa shape index (κ3) is 2.26. The number of nitro groups is 1. The molecule has 5 heteroatoms. The first-order chi connectivity index (χ1) is 6.14. The average Bonchev–Trinajstić information content (AvgIpc) is 2.85. The fourth-order valence-electron chi connectivity index (χ4n) is 1.40. The van der Waals surface area contributed by atoms with E-state index < -0.39 is 4.92 Å². The molecule has 1 fully saturated rings. The fraction of sp³-hybridized carbons (Fsp3) is 0.750. The predicted octanol–water partition coefficient (Wildman–Crippen LogP) is 1.18. The van der Waals surface area contributed by atoms with Crippen molar-refractivity contribution in [1.82, 2.24) is 0 Å². The monoisotopic (exact) mass is 187 g/mol. The fourth-order valence-corrected chi connectivity index (χ4v) is 1.40. The van der Waals surface area contributed by atoms with Crippen LogP contribution in [0.4, 0.5) is 0 Å². The molecule has 0 aromatic carbocycles. The highest BCUT2D eigenvalue weighted by atomic mass is 16.7. The molecule has 0 N–H and O–H groups in total. The summed E-state index contributed by atoms with van der Waals surface area (Å²) in [5.41, 5.74) is -0.267. The molecule has 0 radical (unpaired) electrons. The molecule has 0 bridgehead atoms. The van der Waals surface area contributed by atoms with Crippen LogP contribution in [0.25, 0.3) is 0 Å². The maximum atomic E-state index is 10.1. The summed E-state index contributed by atoms with van der Waals surface area (Å²) in [6.45, 7) is 0. The number of rotatable bonds is 5. The molecule has 0 aliphatic heterocycles. The molecule has 1 aliphatic carbocycles. The van der Waals surface area contributed by atoms with Crippen molar-refractivity contribution in [2.24, 2.45) is 5.41 Å². The lowest BCUT2D eigenvalue weighted by Gasteiger charge is -2.19. The summed E-state index contributed by atoms with van der Waals surface area (Å²) >= 11 is 0. The lowest BCUT2D eigenvalue weighted by molar-refractivity contribution is -0.403. The van der Waals surface area contributed by atoms with Gasteiger partial charge in [-0.3, -0.25) is 10.1 Å². The lowest BCUT2D eigenvalue weighted by atomic mass is 10.1. The Morgan fingerprint density at radius 2 is 2.00 bits per heavy atom. The normalized spacial score (nSPS) is 19.6. The molecule has 1 aliphatic rings. The zero-order chi connectivity index (χ0) is 9.90. The maximum Gasteiger partial charge on any atom is 0.231 e. The Hall–Kier alpha value is -0.940. The Kier molecular flexibility index (Phi) is 3.00. The van der Waals surface area contributed by atoms with Gasteiger partial charge in [0.05, 0.1) is 4.92 Å². The molecule has 0 aromatic rings. The molecule has 1 rings (SSSR count). The van der Waals surface area contributed by atoms with Crippen LogP contribution in [0.3, 0.4) is 0 Å². The van der Waals surface area contributed by atoms with Gasteiger partial charge in [-0.25, -0.2) is 0 Å². The van der Waals surface area contributed by atoms with Crippen molar-refractivity contribution in [3.05, 3.63) is 22.4 Å². The Morgan fingerprint density at radius 3 is 2.31 bits per heavy atom. The average molecular weight is 187 g/mol. The summed E-state index contributed by atoms with van der Waals surface area (Å²) in [7, 11) is 3.07. The largest absolute Gasteiger partial charge is 0.355 e. The van der Waals surface area contributed by atoms with E-state index >= 15 is 0 Å². The number of hydrogen-bond acceptors (Lipinski definition) is 4. The second kappa shape index (κ2) is 3.85. The molecule has 0 saturated heterocycles.